The third-order valence-electron chi connectivity index (χ3n) is 2.86. The smallest absolute Gasteiger partial charge is 0.216 e. The van der Waals surface area contributed by atoms with E-state index < -0.39 is 0 Å². The van der Waals surface area contributed by atoms with Gasteiger partial charge in [-0.1, -0.05) is 13.8 Å². The molecular formula is C14H17BrN4O2S. The van der Waals surface area contributed by atoms with E-state index in [1.165, 1.54) is 0 Å². The van der Waals surface area contributed by atoms with Crippen LogP contribution in [0.1, 0.15) is 38.1 Å². The summed E-state index contributed by atoms with van der Waals surface area (Å²) < 4.78 is 7.95. The van der Waals surface area contributed by atoms with E-state index in [-0.39, 0.29) is 11.7 Å². The molecule has 0 aliphatic carbocycles. The third kappa shape index (κ3) is 3.56. The molecule has 1 aromatic carbocycles. The van der Waals surface area contributed by atoms with Crippen LogP contribution >= 0.6 is 28.1 Å². The molecule has 0 saturated carbocycles. The SMILES string of the molecule is CCOc1cc(/C=N\n2c(C(C)C)n[nH]c2=S)cc(Br)c1O. The van der Waals surface area contributed by atoms with Gasteiger partial charge in [-0.15, -0.1) is 0 Å². The second-order valence-electron chi connectivity index (χ2n) is 4.88. The largest absolute Gasteiger partial charge is 0.503 e. The van der Waals surface area contributed by atoms with E-state index in [9.17, 15) is 5.11 Å². The molecule has 22 heavy (non-hydrogen) atoms. The maximum Gasteiger partial charge on any atom is 0.216 e. The Labute approximate surface area is 142 Å². The van der Waals surface area contributed by atoms with Crippen molar-refractivity contribution in [2.75, 3.05) is 6.61 Å². The van der Waals surface area contributed by atoms with Crippen LogP contribution in [0.25, 0.3) is 0 Å². The van der Waals surface area contributed by atoms with Gasteiger partial charge >= 0.3 is 0 Å². The van der Waals surface area contributed by atoms with Gasteiger partial charge in [0.2, 0.25) is 4.77 Å². The van der Waals surface area contributed by atoms with Crippen molar-refractivity contribution in [1.82, 2.24) is 14.9 Å². The number of aromatic hydroxyl groups is 1. The third-order valence-corrected chi connectivity index (χ3v) is 3.73. The fourth-order valence-electron chi connectivity index (χ4n) is 1.85. The van der Waals surface area contributed by atoms with Crippen molar-refractivity contribution in [2.45, 2.75) is 26.7 Å². The standard InChI is InChI=1S/C14H17BrN4O2S/c1-4-21-11-6-9(5-10(15)12(11)20)7-16-19-13(8(2)3)17-18-14(19)22/h5-8,20H,4H2,1-3H3,(H,18,22)/b16-7-. The molecule has 1 aromatic heterocycles. The van der Waals surface area contributed by atoms with Crippen LogP contribution in [0.4, 0.5) is 0 Å². The summed E-state index contributed by atoms with van der Waals surface area (Å²) in [6.07, 6.45) is 1.64. The Morgan fingerprint density at radius 3 is 2.91 bits per heavy atom. The monoisotopic (exact) mass is 384 g/mol. The molecule has 0 radical (unpaired) electrons. The number of H-pyrrole nitrogens is 1. The topological polar surface area (TPSA) is 75.4 Å². The first-order valence-electron chi connectivity index (χ1n) is 6.81. The van der Waals surface area contributed by atoms with E-state index in [2.05, 4.69) is 31.2 Å². The lowest BCUT2D eigenvalue weighted by Gasteiger charge is -2.08. The quantitative estimate of drug-likeness (QED) is 0.606. The molecule has 0 atom stereocenters. The van der Waals surface area contributed by atoms with Crippen molar-refractivity contribution in [3.63, 3.8) is 0 Å². The normalized spacial score (nSPS) is 11.5. The van der Waals surface area contributed by atoms with Gasteiger partial charge in [0, 0.05) is 5.92 Å². The van der Waals surface area contributed by atoms with Crippen molar-refractivity contribution in [2.24, 2.45) is 5.10 Å². The number of phenolic OH excluding ortho intramolecular Hbond substituents is 1. The van der Waals surface area contributed by atoms with Crippen LogP contribution < -0.4 is 4.74 Å². The van der Waals surface area contributed by atoms with Gasteiger partial charge < -0.3 is 9.84 Å². The van der Waals surface area contributed by atoms with Gasteiger partial charge in [-0.2, -0.15) is 14.9 Å². The summed E-state index contributed by atoms with van der Waals surface area (Å²) in [4.78, 5) is 0. The Balaban J connectivity index is 2.39. The minimum atomic E-state index is 0.0711. The summed E-state index contributed by atoms with van der Waals surface area (Å²) in [6, 6.07) is 3.46. The number of nitrogens with zero attached hydrogens (tertiary/aromatic N) is 3. The number of rotatable bonds is 5. The molecule has 2 rings (SSSR count). The Hall–Kier alpha value is -1.67. The van der Waals surface area contributed by atoms with Gasteiger partial charge in [-0.05, 0) is 52.8 Å². The number of hydrogen-bond acceptors (Lipinski definition) is 5. The fraction of sp³-hybridized carbons (Fsp3) is 0.357. The number of phenols is 1. The molecule has 8 heteroatoms. The van der Waals surface area contributed by atoms with E-state index in [1.807, 2.05) is 20.8 Å². The van der Waals surface area contributed by atoms with Crippen LogP contribution in [0.5, 0.6) is 11.5 Å². The highest BCUT2D eigenvalue weighted by molar-refractivity contribution is 9.10. The average molecular weight is 385 g/mol. The minimum Gasteiger partial charge on any atom is -0.503 e. The van der Waals surface area contributed by atoms with E-state index in [0.717, 1.165) is 11.4 Å². The Bertz CT molecular complexity index is 752. The summed E-state index contributed by atoms with van der Waals surface area (Å²) in [5.74, 6) is 1.42. The number of benzene rings is 1. The molecule has 118 valence electrons. The van der Waals surface area contributed by atoms with E-state index in [0.29, 0.717) is 21.6 Å². The highest BCUT2D eigenvalue weighted by Crippen LogP contribution is 2.35. The Kier molecular flexibility index (Phi) is 5.36. The van der Waals surface area contributed by atoms with E-state index in [1.54, 1.807) is 23.0 Å². The van der Waals surface area contributed by atoms with E-state index >= 15 is 0 Å². The van der Waals surface area contributed by atoms with Crippen LogP contribution in [0, 0.1) is 4.77 Å². The van der Waals surface area contributed by atoms with Crippen molar-refractivity contribution in [3.8, 4) is 11.5 Å². The lowest BCUT2D eigenvalue weighted by molar-refractivity contribution is 0.317. The average Bonchev–Trinajstić information content (AvgIpc) is 2.83. The lowest BCUT2D eigenvalue weighted by atomic mass is 10.2. The van der Waals surface area contributed by atoms with Gasteiger partial charge in [0.05, 0.1) is 17.3 Å². The van der Waals surface area contributed by atoms with Gasteiger partial charge in [-0.25, -0.2) is 0 Å². The summed E-state index contributed by atoms with van der Waals surface area (Å²) in [5, 5.41) is 21.2. The van der Waals surface area contributed by atoms with Gasteiger partial charge in [0.25, 0.3) is 0 Å². The molecule has 0 bridgehead atoms. The van der Waals surface area contributed by atoms with Crippen molar-refractivity contribution < 1.29 is 9.84 Å². The highest BCUT2D eigenvalue weighted by atomic mass is 79.9. The molecule has 0 fully saturated rings. The van der Waals surface area contributed by atoms with Crippen molar-refractivity contribution in [3.05, 3.63) is 32.8 Å². The van der Waals surface area contributed by atoms with Gasteiger partial charge in [0.15, 0.2) is 17.3 Å². The number of nitrogens with one attached hydrogen (secondary N) is 1. The number of halogens is 1. The number of ether oxygens (including phenoxy) is 1. The number of hydrogen-bond donors (Lipinski definition) is 2. The zero-order valence-electron chi connectivity index (χ0n) is 12.5. The number of aromatic amines is 1. The number of aromatic nitrogens is 3. The Morgan fingerprint density at radius 1 is 1.55 bits per heavy atom. The molecule has 2 aromatic rings. The maximum atomic E-state index is 9.91. The first-order chi connectivity index (χ1) is 10.4. The lowest BCUT2D eigenvalue weighted by Crippen LogP contribution is -2.01. The first-order valence-corrected chi connectivity index (χ1v) is 8.01. The molecule has 0 aliphatic rings. The highest BCUT2D eigenvalue weighted by Gasteiger charge is 2.10. The van der Waals surface area contributed by atoms with Crippen LogP contribution in [0.3, 0.4) is 0 Å². The summed E-state index contributed by atoms with van der Waals surface area (Å²) >= 11 is 8.48. The molecule has 0 unspecified atom stereocenters. The van der Waals surface area contributed by atoms with Crippen LogP contribution in [0.15, 0.2) is 21.7 Å². The van der Waals surface area contributed by atoms with Crippen molar-refractivity contribution in [1.29, 1.82) is 0 Å². The van der Waals surface area contributed by atoms with Gasteiger partial charge in [-0.3, -0.25) is 5.10 Å². The fourth-order valence-corrected chi connectivity index (χ4v) is 2.49. The zero-order valence-corrected chi connectivity index (χ0v) is 14.9. The Morgan fingerprint density at radius 2 is 2.27 bits per heavy atom. The molecule has 0 spiro atoms. The minimum absolute atomic E-state index is 0.0711. The summed E-state index contributed by atoms with van der Waals surface area (Å²) in [6.45, 7) is 6.35. The van der Waals surface area contributed by atoms with Crippen molar-refractivity contribution >= 4 is 34.4 Å². The molecular weight excluding hydrogens is 368 g/mol. The molecule has 0 amide bonds. The molecule has 0 saturated heterocycles. The van der Waals surface area contributed by atoms with Crippen LogP contribution in [0.2, 0.25) is 0 Å². The van der Waals surface area contributed by atoms with E-state index in [4.69, 9.17) is 17.0 Å². The molecule has 2 N–H and O–H groups in total. The second-order valence-corrected chi connectivity index (χ2v) is 6.12. The zero-order chi connectivity index (χ0) is 16.3. The predicted octanol–water partition coefficient (Wildman–Crippen LogP) is 3.81. The molecule has 6 nitrogen and oxygen atoms in total. The predicted molar refractivity (Wildman–Crippen MR) is 91.5 cm³/mol. The van der Waals surface area contributed by atoms with Crippen LogP contribution in [-0.2, 0) is 0 Å². The second kappa shape index (κ2) is 7.06. The summed E-state index contributed by atoms with van der Waals surface area (Å²) in [5.41, 5.74) is 0.769. The van der Waals surface area contributed by atoms with Crippen LogP contribution in [-0.4, -0.2) is 32.8 Å². The first kappa shape index (κ1) is 16.7. The molecule has 0 aliphatic heterocycles. The van der Waals surface area contributed by atoms with Gasteiger partial charge in [0.1, 0.15) is 0 Å². The summed E-state index contributed by atoms with van der Waals surface area (Å²) in [7, 11) is 0. The maximum absolute atomic E-state index is 9.91. The molecule has 1 heterocycles.